The number of nitrogens with zero attached hydrogens (tertiary/aromatic N) is 2. The Kier molecular flexibility index (Phi) is 4.27. The molecule has 0 aliphatic rings. The number of hydrogen-bond donors (Lipinski definition) is 1. The van der Waals surface area contributed by atoms with Crippen LogP contribution in [0.3, 0.4) is 0 Å². The van der Waals surface area contributed by atoms with E-state index in [2.05, 4.69) is 34.9 Å². The second kappa shape index (κ2) is 6.33. The van der Waals surface area contributed by atoms with E-state index in [0.717, 1.165) is 21.9 Å². The maximum atomic E-state index is 9.74. The minimum absolute atomic E-state index is 0.390. The number of aliphatic hydroxyl groups excluding tert-OH is 1. The van der Waals surface area contributed by atoms with Crippen molar-refractivity contribution in [1.29, 1.82) is 0 Å². The molecule has 21 heavy (non-hydrogen) atoms. The molecule has 0 aliphatic heterocycles. The maximum Gasteiger partial charge on any atom is 0.169 e. The van der Waals surface area contributed by atoms with E-state index in [4.69, 9.17) is 4.98 Å². The van der Waals surface area contributed by atoms with E-state index in [1.807, 2.05) is 24.3 Å². The molecule has 0 amide bonds. The third-order valence-corrected chi connectivity index (χ3v) is 4.32. The molecule has 0 saturated carbocycles. The third kappa shape index (κ3) is 3.28. The first-order chi connectivity index (χ1) is 10.2. The Morgan fingerprint density at radius 3 is 2.57 bits per heavy atom. The summed E-state index contributed by atoms with van der Waals surface area (Å²) in [5.41, 5.74) is 3.33. The second-order valence-electron chi connectivity index (χ2n) is 5.12. The van der Waals surface area contributed by atoms with Gasteiger partial charge in [0, 0.05) is 5.75 Å². The normalized spacial score (nSPS) is 12.7. The highest BCUT2D eigenvalue weighted by Crippen LogP contribution is 2.27. The lowest BCUT2D eigenvalue weighted by Gasteiger charge is -2.10. The van der Waals surface area contributed by atoms with E-state index < -0.39 is 6.10 Å². The molecule has 0 spiro atoms. The Balaban J connectivity index is 1.89. The van der Waals surface area contributed by atoms with Gasteiger partial charge in [-0.15, -0.1) is 0 Å². The number of aliphatic hydroxyl groups is 1. The SMILES string of the molecule is C[C@H](O)Cn1c(SCc2ccccc2)nc2ccccc21. The molecule has 2 aromatic carbocycles. The number of fused-ring (bicyclic) bond motifs is 1. The third-order valence-electron chi connectivity index (χ3n) is 3.28. The van der Waals surface area contributed by atoms with Crippen LogP contribution in [0, 0.1) is 0 Å². The minimum Gasteiger partial charge on any atom is -0.392 e. The Labute approximate surface area is 128 Å². The van der Waals surface area contributed by atoms with Gasteiger partial charge in [-0.2, -0.15) is 0 Å². The van der Waals surface area contributed by atoms with Crippen molar-refractivity contribution in [2.24, 2.45) is 0 Å². The molecule has 0 fully saturated rings. The van der Waals surface area contributed by atoms with Gasteiger partial charge in [0.15, 0.2) is 5.16 Å². The molecule has 3 aromatic rings. The van der Waals surface area contributed by atoms with E-state index in [1.54, 1.807) is 18.7 Å². The zero-order chi connectivity index (χ0) is 14.7. The van der Waals surface area contributed by atoms with Crippen LogP contribution in [-0.2, 0) is 12.3 Å². The van der Waals surface area contributed by atoms with Gasteiger partial charge in [0.1, 0.15) is 0 Å². The number of imidazole rings is 1. The molecule has 0 radical (unpaired) electrons. The highest BCUT2D eigenvalue weighted by Gasteiger charge is 2.12. The number of benzene rings is 2. The number of para-hydroxylation sites is 2. The molecule has 4 heteroatoms. The molecule has 3 rings (SSSR count). The summed E-state index contributed by atoms with van der Waals surface area (Å²) >= 11 is 1.71. The Morgan fingerprint density at radius 1 is 1.10 bits per heavy atom. The zero-order valence-electron chi connectivity index (χ0n) is 11.9. The van der Waals surface area contributed by atoms with E-state index in [9.17, 15) is 5.11 Å². The molecule has 1 atom stereocenters. The van der Waals surface area contributed by atoms with Gasteiger partial charge in [-0.3, -0.25) is 0 Å². The van der Waals surface area contributed by atoms with Crippen molar-refractivity contribution in [1.82, 2.24) is 9.55 Å². The van der Waals surface area contributed by atoms with Crippen LogP contribution in [0.15, 0.2) is 59.8 Å². The molecular formula is C17H18N2OS. The zero-order valence-corrected chi connectivity index (χ0v) is 12.8. The maximum absolute atomic E-state index is 9.74. The Bertz CT molecular complexity index is 722. The fraction of sp³-hybridized carbons (Fsp3) is 0.235. The van der Waals surface area contributed by atoms with Crippen LogP contribution < -0.4 is 0 Å². The summed E-state index contributed by atoms with van der Waals surface area (Å²) in [4.78, 5) is 4.70. The van der Waals surface area contributed by atoms with Crippen LogP contribution in [0.2, 0.25) is 0 Å². The predicted molar refractivity (Wildman–Crippen MR) is 87.4 cm³/mol. The number of hydrogen-bond acceptors (Lipinski definition) is 3. The summed E-state index contributed by atoms with van der Waals surface area (Å²) in [5, 5.41) is 10.7. The van der Waals surface area contributed by atoms with Gasteiger partial charge in [-0.1, -0.05) is 54.2 Å². The monoisotopic (exact) mass is 298 g/mol. The van der Waals surface area contributed by atoms with Gasteiger partial charge < -0.3 is 9.67 Å². The van der Waals surface area contributed by atoms with E-state index >= 15 is 0 Å². The van der Waals surface area contributed by atoms with Gasteiger partial charge in [-0.25, -0.2) is 4.98 Å². The first-order valence-electron chi connectivity index (χ1n) is 7.04. The van der Waals surface area contributed by atoms with Gasteiger partial charge in [0.05, 0.1) is 23.7 Å². The molecule has 0 unspecified atom stereocenters. The Hall–Kier alpha value is -1.78. The lowest BCUT2D eigenvalue weighted by atomic mass is 10.2. The number of rotatable bonds is 5. The van der Waals surface area contributed by atoms with Crippen molar-refractivity contribution in [3.63, 3.8) is 0 Å². The lowest BCUT2D eigenvalue weighted by Crippen LogP contribution is -2.12. The summed E-state index contributed by atoms with van der Waals surface area (Å²) < 4.78 is 2.10. The van der Waals surface area contributed by atoms with Crippen LogP contribution in [0.5, 0.6) is 0 Å². The summed E-state index contributed by atoms with van der Waals surface area (Å²) in [6.45, 7) is 2.37. The Morgan fingerprint density at radius 2 is 1.81 bits per heavy atom. The molecule has 0 aliphatic carbocycles. The van der Waals surface area contributed by atoms with Gasteiger partial charge in [-0.05, 0) is 24.6 Å². The van der Waals surface area contributed by atoms with Crippen molar-refractivity contribution in [2.45, 2.75) is 30.5 Å². The van der Waals surface area contributed by atoms with E-state index in [0.29, 0.717) is 6.54 Å². The fourth-order valence-electron chi connectivity index (χ4n) is 2.33. The van der Waals surface area contributed by atoms with Crippen molar-refractivity contribution in [3.05, 3.63) is 60.2 Å². The standard InChI is InChI=1S/C17H18N2OS/c1-13(20)11-19-16-10-6-5-9-15(16)18-17(19)21-12-14-7-3-2-4-8-14/h2-10,13,20H,11-12H2,1H3/t13-/m0/s1. The first kappa shape index (κ1) is 14.2. The number of thioether (sulfide) groups is 1. The molecule has 0 bridgehead atoms. The number of aromatic nitrogens is 2. The van der Waals surface area contributed by atoms with Crippen LogP contribution in [0.4, 0.5) is 0 Å². The molecular weight excluding hydrogens is 280 g/mol. The first-order valence-corrected chi connectivity index (χ1v) is 8.02. The van der Waals surface area contributed by atoms with Crippen LogP contribution >= 0.6 is 11.8 Å². The average molecular weight is 298 g/mol. The fourth-order valence-corrected chi connectivity index (χ4v) is 3.31. The largest absolute Gasteiger partial charge is 0.392 e. The molecule has 1 N–H and O–H groups in total. The molecule has 108 valence electrons. The molecule has 0 saturated heterocycles. The molecule has 1 heterocycles. The molecule has 3 nitrogen and oxygen atoms in total. The van der Waals surface area contributed by atoms with Crippen LogP contribution in [-0.4, -0.2) is 20.8 Å². The summed E-state index contributed by atoms with van der Waals surface area (Å²) in [5.74, 6) is 0.879. The van der Waals surface area contributed by atoms with Gasteiger partial charge >= 0.3 is 0 Å². The van der Waals surface area contributed by atoms with Gasteiger partial charge in [0.2, 0.25) is 0 Å². The van der Waals surface area contributed by atoms with E-state index in [1.165, 1.54) is 5.56 Å². The smallest absolute Gasteiger partial charge is 0.169 e. The van der Waals surface area contributed by atoms with Crippen LogP contribution in [0.1, 0.15) is 12.5 Å². The van der Waals surface area contributed by atoms with Crippen molar-refractivity contribution >= 4 is 22.8 Å². The van der Waals surface area contributed by atoms with E-state index in [-0.39, 0.29) is 0 Å². The predicted octanol–water partition coefficient (Wildman–Crippen LogP) is 3.71. The average Bonchev–Trinajstić information content (AvgIpc) is 2.84. The van der Waals surface area contributed by atoms with Crippen molar-refractivity contribution in [3.8, 4) is 0 Å². The van der Waals surface area contributed by atoms with Gasteiger partial charge in [0.25, 0.3) is 0 Å². The second-order valence-corrected chi connectivity index (χ2v) is 6.06. The van der Waals surface area contributed by atoms with Crippen LogP contribution in [0.25, 0.3) is 11.0 Å². The topological polar surface area (TPSA) is 38.0 Å². The lowest BCUT2D eigenvalue weighted by molar-refractivity contribution is 0.172. The highest BCUT2D eigenvalue weighted by molar-refractivity contribution is 7.98. The molecule has 1 aromatic heterocycles. The summed E-state index contributed by atoms with van der Waals surface area (Å²) in [6, 6.07) is 18.4. The summed E-state index contributed by atoms with van der Waals surface area (Å²) in [7, 11) is 0. The highest BCUT2D eigenvalue weighted by atomic mass is 32.2. The quantitative estimate of drug-likeness (QED) is 0.730. The summed E-state index contributed by atoms with van der Waals surface area (Å²) in [6.07, 6.45) is -0.390. The van der Waals surface area contributed by atoms with Crippen molar-refractivity contribution in [2.75, 3.05) is 0 Å². The van der Waals surface area contributed by atoms with Crippen molar-refractivity contribution < 1.29 is 5.11 Å². The minimum atomic E-state index is -0.390.